The molecule has 126 valence electrons. The molecule has 0 saturated carbocycles. The van der Waals surface area contributed by atoms with Crippen LogP contribution in [0.5, 0.6) is 0 Å². The van der Waals surface area contributed by atoms with Gasteiger partial charge in [0.1, 0.15) is 0 Å². The summed E-state index contributed by atoms with van der Waals surface area (Å²) in [5.74, 6) is 0. The van der Waals surface area contributed by atoms with Crippen molar-refractivity contribution in [1.29, 1.82) is 0 Å². The summed E-state index contributed by atoms with van der Waals surface area (Å²) >= 11 is 0. The van der Waals surface area contributed by atoms with Crippen molar-refractivity contribution in [3.8, 4) is 0 Å². The maximum atomic E-state index is 3.58. The fourth-order valence-corrected chi connectivity index (χ4v) is 2.72. The summed E-state index contributed by atoms with van der Waals surface area (Å²) in [5.41, 5.74) is 3.99. The number of benzene rings is 1. The standard InChI is InChI=1S/C20H36N2/c1-5-7-9-14-22(15-10-8-6-2)16-13-21-20-12-11-18(3)19(4)17-20/h11-12,17,21H,5-10,13-16H2,1-4H3. The van der Waals surface area contributed by atoms with Gasteiger partial charge in [0.25, 0.3) is 0 Å². The van der Waals surface area contributed by atoms with Crippen LogP contribution in [0.2, 0.25) is 0 Å². The minimum Gasteiger partial charge on any atom is -0.384 e. The van der Waals surface area contributed by atoms with Crippen LogP contribution < -0.4 is 5.32 Å². The summed E-state index contributed by atoms with van der Waals surface area (Å²) in [6.07, 6.45) is 8.01. The maximum absolute atomic E-state index is 3.58. The van der Waals surface area contributed by atoms with Crippen LogP contribution in [-0.4, -0.2) is 31.1 Å². The van der Waals surface area contributed by atoms with Gasteiger partial charge in [-0.15, -0.1) is 0 Å². The Kier molecular flexibility index (Phi) is 9.98. The van der Waals surface area contributed by atoms with E-state index in [4.69, 9.17) is 0 Å². The molecule has 2 nitrogen and oxygen atoms in total. The number of rotatable bonds is 12. The Morgan fingerprint density at radius 1 is 0.818 bits per heavy atom. The van der Waals surface area contributed by atoms with Gasteiger partial charge in [0, 0.05) is 18.8 Å². The van der Waals surface area contributed by atoms with Gasteiger partial charge in [-0.2, -0.15) is 0 Å². The molecule has 0 radical (unpaired) electrons. The molecule has 0 bridgehead atoms. The van der Waals surface area contributed by atoms with Crippen molar-refractivity contribution >= 4 is 5.69 Å². The van der Waals surface area contributed by atoms with Crippen molar-refractivity contribution in [2.45, 2.75) is 66.2 Å². The molecule has 0 amide bonds. The zero-order valence-corrected chi connectivity index (χ0v) is 15.3. The molecule has 1 aromatic rings. The molecule has 0 aliphatic carbocycles. The Bertz CT molecular complexity index is 391. The molecule has 0 unspecified atom stereocenters. The predicted octanol–water partition coefficient (Wildman–Crippen LogP) is 5.40. The van der Waals surface area contributed by atoms with Crippen molar-refractivity contribution in [3.63, 3.8) is 0 Å². The van der Waals surface area contributed by atoms with Crippen LogP contribution in [0.1, 0.15) is 63.5 Å². The van der Waals surface area contributed by atoms with Crippen LogP contribution >= 0.6 is 0 Å². The molecule has 22 heavy (non-hydrogen) atoms. The van der Waals surface area contributed by atoms with Gasteiger partial charge in [0.15, 0.2) is 0 Å². The highest BCUT2D eigenvalue weighted by Gasteiger charge is 2.04. The summed E-state index contributed by atoms with van der Waals surface area (Å²) in [4.78, 5) is 2.64. The average Bonchev–Trinajstić information content (AvgIpc) is 2.51. The first-order valence-corrected chi connectivity index (χ1v) is 9.20. The fourth-order valence-electron chi connectivity index (χ4n) is 2.72. The lowest BCUT2D eigenvalue weighted by Gasteiger charge is -2.22. The second-order valence-corrected chi connectivity index (χ2v) is 6.48. The molecule has 1 N–H and O–H groups in total. The smallest absolute Gasteiger partial charge is 0.0343 e. The number of aryl methyl sites for hydroxylation is 2. The second-order valence-electron chi connectivity index (χ2n) is 6.48. The van der Waals surface area contributed by atoms with Crippen molar-refractivity contribution in [3.05, 3.63) is 29.3 Å². The van der Waals surface area contributed by atoms with E-state index < -0.39 is 0 Å². The van der Waals surface area contributed by atoms with Crippen LogP contribution in [-0.2, 0) is 0 Å². The quantitative estimate of drug-likeness (QED) is 0.520. The molecule has 1 aromatic carbocycles. The summed E-state index contributed by atoms with van der Waals surface area (Å²) in [5, 5.41) is 3.58. The van der Waals surface area contributed by atoms with E-state index >= 15 is 0 Å². The monoisotopic (exact) mass is 304 g/mol. The van der Waals surface area contributed by atoms with Gasteiger partial charge in [-0.1, -0.05) is 45.6 Å². The van der Waals surface area contributed by atoms with Gasteiger partial charge in [0.05, 0.1) is 0 Å². The van der Waals surface area contributed by atoms with Gasteiger partial charge in [-0.05, 0) is 63.0 Å². The van der Waals surface area contributed by atoms with Gasteiger partial charge in [-0.3, -0.25) is 0 Å². The molecule has 0 spiro atoms. The van der Waals surface area contributed by atoms with Crippen LogP contribution in [0.3, 0.4) is 0 Å². The summed E-state index contributed by atoms with van der Waals surface area (Å²) in [7, 11) is 0. The van der Waals surface area contributed by atoms with E-state index in [9.17, 15) is 0 Å². The number of anilines is 1. The van der Waals surface area contributed by atoms with Crippen molar-refractivity contribution in [2.24, 2.45) is 0 Å². The third-order valence-electron chi connectivity index (χ3n) is 4.42. The van der Waals surface area contributed by atoms with Crippen LogP contribution in [0, 0.1) is 13.8 Å². The zero-order valence-electron chi connectivity index (χ0n) is 15.3. The molecule has 0 saturated heterocycles. The predicted molar refractivity (Wildman–Crippen MR) is 99.9 cm³/mol. The Morgan fingerprint density at radius 3 is 2.00 bits per heavy atom. The lowest BCUT2D eigenvalue weighted by Crippen LogP contribution is -2.31. The largest absolute Gasteiger partial charge is 0.384 e. The topological polar surface area (TPSA) is 15.3 Å². The second kappa shape index (κ2) is 11.5. The minimum absolute atomic E-state index is 1.04. The number of nitrogens with zero attached hydrogens (tertiary/aromatic N) is 1. The van der Waals surface area contributed by atoms with E-state index in [2.05, 4.69) is 56.1 Å². The van der Waals surface area contributed by atoms with E-state index in [1.807, 2.05) is 0 Å². The fraction of sp³-hybridized carbons (Fsp3) is 0.700. The van der Waals surface area contributed by atoms with Crippen molar-refractivity contribution in [2.75, 3.05) is 31.5 Å². The Balaban J connectivity index is 2.35. The highest BCUT2D eigenvalue weighted by Crippen LogP contribution is 2.14. The number of hydrogen-bond acceptors (Lipinski definition) is 2. The highest BCUT2D eigenvalue weighted by atomic mass is 15.1. The Labute approximate surface area is 138 Å². The SMILES string of the molecule is CCCCCN(CCCCC)CCNc1ccc(C)c(C)c1. The number of nitrogens with one attached hydrogen (secondary N) is 1. The molecular weight excluding hydrogens is 268 g/mol. The first kappa shape index (κ1) is 19.0. The first-order valence-electron chi connectivity index (χ1n) is 9.20. The van der Waals surface area contributed by atoms with E-state index in [1.165, 1.54) is 68.4 Å². The number of hydrogen-bond donors (Lipinski definition) is 1. The lowest BCUT2D eigenvalue weighted by molar-refractivity contribution is 0.271. The average molecular weight is 305 g/mol. The molecule has 0 fully saturated rings. The van der Waals surface area contributed by atoms with Gasteiger partial charge in [0.2, 0.25) is 0 Å². The third-order valence-corrected chi connectivity index (χ3v) is 4.42. The molecule has 0 aliphatic heterocycles. The maximum Gasteiger partial charge on any atom is 0.0343 e. The lowest BCUT2D eigenvalue weighted by atomic mass is 10.1. The van der Waals surface area contributed by atoms with E-state index in [0.717, 1.165) is 13.1 Å². The van der Waals surface area contributed by atoms with Gasteiger partial charge >= 0.3 is 0 Å². The van der Waals surface area contributed by atoms with Gasteiger partial charge < -0.3 is 10.2 Å². The normalized spacial score (nSPS) is 11.1. The first-order chi connectivity index (χ1) is 10.7. The molecular formula is C20H36N2. The molecule has 0 heterocycles. The minimum atomic E-state index is 1.04. The molecule has 0 atom stereocenters. The molecule has 1 rings (SSSR count). The van der Waals surface area contributed by atoms with Crippen molar-refractivity contribution < 1.29 is 0 Å². The van der Waals surface area contributed by atoms with Crippen LogP contribution in [0.4, 0.5) is 5.69 Å². The van der Waals surface area contributed by atoms with Crippen LogP contribution in [0.25, 0.3) is 0 Å². The molecule has 2 heteroatoms. The summed E-state index contributed by atoms with van der Waals surface area (Å²) < 4.78 is 0. The Morgan fingerprint density at radius 2 is 1.45 bits per heavy atom. The van der Waals surface area contributed by atoms with E-state index in [1.54, 1.807) is 0 Å². The Hall–Kier alpha value is -1.02. The molecule has 0 aromatic heterocycles. The zero-order chi connectivity index (χ0) is 16.2. The highest BCUT2D eigenvalue weighted by molar-refractivity contribution is 5.48. The summed E-state index contributed by atoms with van der Waals surface area (Å²) in [6, 6.07) is 6.66. The summed E-state index contributed by atoms with van der Waals surface area (Å²) in [6.45, 7) is 13.6. The third kappa shape index (κ3) is 7.84. The van der Waals surface area contributed by atoms with Crippen molar-refractivity contribution in [1.82, 2.24) is 4.90 Å². The molecule has 0 aliphatic rings. The number of unbranched alkanes of at least 4 members (excludes halogenated alkanes) is 4. The van der Waals surface area contributed by atoms with Crippen LogP contribution in [0.15, 0.2) is 18.2 Å². The van der Waals surface area contributed by atoms with Gasteiger partial charge in [-0.25, -0.2) is 0 Å². The van der Waals surface area contributed by atoms with E-state index in [0.29, 0.717) is 0 Å². The van der Waals surface area contributed by atoms with E-state index in [-0.39, 0.29) is 0 Å².